The van der Waals surface area contributed by atoms with E-state index in [1.165, 1.54) is 12.1 Å². The van der Waals surface area contributed by atoms with Gasteiger partial charge in [0, 0.05) is 49.8 Å². The van der Waals surface area contributed by atoms with Crippen molar-refractivity contribution in [2.24, 2.45) is 22.9 Å². The summed E-state index contributed by atoms with van der Waals surface area (Å²) < 4.78 is 32.4. The number of fused-ring (bicyclic) bond motifs is 3. The number of amides is 1. The monoisotopic (exact) mass is 907 g/mol. The second-order valence-corrected chi connectivity index (χ2v) is 16.8. The van der Waals surface area contributed by atoms with Gasteiger partial charge in [0.1, 0.15) is 29.9 Å². The van der Waals surface area contributed by atoms with Gasteiger partial charge in [-0.2, -0.15) is 0 Å². The Labute approximate surface area is 385 Å². The molecule has 15 nitrogen and oxygen atoms in total. The normalized spacial score (nSPS) is 22.4. The fraction of sp³-hybridized carbons (Fsp3) is 0.451. The average Bonchev–Trinajstić information content (AvgIpc) is 3.32. The number of oxime groups is 1. The van der Waals surface area contributed by atoms with Gasteiger partial charge in [-0.1, -0.05) is 60.5 Å². The number of nitro groups is 1. The number of hydrogen-bond donors (Lipinski definition) is 3. The first-order chi connectivity index (χ1) is 32.2. The molecule has 6 atom stereocenters. The van der Waals surface area contributed by atoms with Crippen molar-refractivity contribution in [3.63, 3.8) is 0 Å². The molecule has 3 N–H and O–H groups in total. The summed E-state index contributed by atoms with van der Waals surface area (Å²) in [6, 6.07) is 25.1. The Morgan fingerprint density at radius 3 is 2.41 bits per heavy atom. The average molecular weight is 908 g/mol. The van der Waals surface area contributed by atoms with E-state index in [4.69, 9.17) is 33.7 Å². The molecule has 0 radical (unpaired) electrons. The minimum absolute atomic E-state index is 0.0101. The van der Waals surface area contributed by atoms with Gasteiger partial charge in [-0.3, -0.25) is 15.0 Å². The standard InChI is InChI=1S/C51H61N3O12/c1-3-27-63-51-47(53(50(58)62-4-2)23-28-61-29-26-57)33-45(52-64-34-35-15-18-39(19-16-35)54(59)60)43-31-38(13-7-9-24-55)42(14-8-10-25-56)48(49(43)51)44-32-41(21-22-46(44)66-51)65-40-20-17-36-11-5-6-12-37(36)30-40/h3,5-6,11-12,15-22,30-32,38,42,47-49,55-57H,1,4,7-10,13-14,23-29,33-34H2,2H3. The van der Waals surface area contributed by atoms with Crippen LogP contribution >= 0.6 is 0 Å². The van der Waals surface area contributed by atoms with Crippen molar-refractivity contribution in [1.82, 2.24) is 4.90 Å². The van der Waals surface area contributed by atoms with E-state index in [0.29, 0.717) is 41.4 Å². The Morgan fingerprint density at radius 1 is 0.939 bits per heavy atom. The third-order valence-electron chi connectivity index (χ3n) is 12.7. The molecule has 0 spiro atoms. The minimum Gasteiger partial charge on any atom is -0.459 e. The maximum absolute atomic E-state index is 14.3. The number of ether oxygens (including phenoxy) is 5. The first kappa shape index (κ1) is 48.1. The van der Waals surface area contributed by atoms with Gasteiger partial charge in [-0.25, -0.2) is 4.79 Å². The molecule has 66 heavy (non-hydrogen) atoms. The fourth-order valence-corrected chi connectivity index (χ4v) is 9.89. The molecule has 0 aromatic heterocycles. The molecule has 1 heterocycles. The summed E-state index contributed by atoms with van der Waals surface area (Å²) in [4.78, 5) is 32.9. The molecule has 352 valence electrons. The molecular formula is C51H61N3O12. The van der Waals surface area contributed by atoms with Gasteiger partial charge in [0.15, 0.2) is 0 Å². The zero-order chi connectivity index (χ0) is 46.5. The Hall–Kier alpha value is -5.84. The fourth-order valence-electron chi connectivity index (χ4n) is 9.89. The minimum atomic E-state index is -1.54. The maximum atomic E-state index is 14.3. The van der Waals surface area contributed by atoms with Crippen LogP contribution in [0.4, 0.5) is 10.5 Å². The first-order valence-corrected chi connectivity index (χ1v) is 23.0. The number of nitro benzene ring substituents is 1. The molecule has 1 fully saturated rings. The van der Waals surface area contributed by atoms with Crippen LogP contribution in [0.5, 0.6) is 17.2 Å². The number of rotatable bonds is 24. The highest BCUT2D eigenvalue weighted by Crippen LogP contribution is 2.62. The predicted octanol–water partition coefficient (Wildman–Crippen LogP) is 8.84. The van der Waals surface area contributed by atoms with E-state index < -0.39 is 28.8 Å². The van der Waals surface area contributed by atoms with Crippen molar-refractivity contribution in [3.05, 3.63) is 130 Å². The molecule has 1 saturated carbocycles. The molecule has 4 aromatic carbocycles. The third-order valence-corrected chi connectivity index (χ3v) is 12.7. The van der Waals surface area contributed by atoms with E-state index in [-0.39, 0.29) is 89.3 Å². The van der Waals surface area contributed by atoms with E-state index in [2.05, 4.69) is 18.7 Å². The highest BCUT2D eigenvalue weighted by atomic mass is 16.7. The Balaban J connectivity index is 1.41. The number of aliphatic hydroxyl groups is 3. The first-order valence-electron chi connectivity index (χ1n) is 23.0. The molecule has 15 heteroatoms. The van der Waals surface area contributed by atoms with Crippen molar-refractivity contribution < 1.29 is 53.6 Å². The van der Waals surface area contributed by atoms with Gasteiger partial charge in [-0.15, -0.1) is 6.58 Å². The van der Waals surface area contributed by atoms with Crippen LogP contribution in [0, 0.1) is 27.9 Å². The number of allylic oxidation sites excluding steroid dienone is 1. The zero-order valence-corrected chi connectivity index (χ0v) is 37.5. The number of benzene rings is 4. The molecule has 6 unspecified atom stereocenters. The predicted molar refractivity (Wildman–Crippen MR) is 248 cm³/mol. The maximum Gasteiger partial charge on any atom is 0.410 e. The second kappa shape index (κ2) is 23.1. The van der Waals surface area contributed by atoms with Crippen LogP contribution in [0.1, 0.15) is 68.9 Å². The van der Waals surface area contributed by atoms with Gasteiger partial charge < -0.3 is 43.8 Å². The van der Waals surface area contributed by atoms with Crippen molar-refractivity contribution in [2.45, 2.75) is 76.2 Å². The lowest BCUT2D eigenvalue weighted by molar-refractivity contribution is -0.384. The summed E-state index contributed by atoms with van der Waals surface area (Å²) in [5.41, 5.74) is 2.93. The van der Waals surface area contributed by atoms with E-state index in [1.807, 2.05) is 54.6 Å². The van der Waals surface area contributed by atoms with Crippen LogP contribution in [0.25, 0.3) is 10.8 Å². The molecule has 3 aliphatic rings. The molecule has 1 amide bonds. The van der Waals surface area contributed by atoms with Gasteiger partial charge >= 0.3 is 6.09 Å². The summed E-state index contributed by atoms with van der Waals surface area (Å²) in [7, 11) is 0. The second-order valence-electron chi connectivity index (χ2n) is 16.8. The number of carbonyl (C=O) groups excluding carboxylic acids is 1. The number of non-ortho nitro benzene ring substituents is 1. The number of unbranched alkanes of at least 4 members (excludes halogenated alkanes) is 2. The van der Waals surface area contributed by atoms with E-state index >= 15 is 0 Å². The van der Waals surface area contributed by atoms with Crippen molar-refractivity contribution in [1.29, 1.82) is 0 Å². The molecule has 1 aliphatic heterocycles. The van der Waals surface area contributed by atoms with Crippen LogP contribution in [-0.4, -0.2) is 102 Å². The number of nitrogens with zero attached hydrogens (tertiary/aromatic N) is 3. The largest absolute Gasteiger partial charge is 0.459 e. The van der Waals surface area contributed by atoms with Crippen molar-refractivity contribution in [2.75, 3.05) is 52.8 Å². The summed E-state index contributed by atoms with van der Waals surface area (Å²) in [5, 5.41) is 47.8. The quantitative estimate of drug-likeness (QED) is 0.0262. The van der Waals surface area contributed by atoms with Crippen molar-refractivity contribution in [3.8, 4) is 17.2 Å². The van der Waals surface area contributed by atoms with Crippen LogP contribution in [0.15, 0.2) is 114 Å². The van der Waals surface area contributed by atoms with Crippen LogP contribution in [0.3, 0.4) is 0 Å². The van der Waals surface area contributed by atoms with E-state index in [0.717, 1.165) is 47.6 Å². The summed E-state index contributed by atoms with van der Waals surface area (Å²) in [6.07, 6.45) is 7.65. The van der Waals surface area contributed by atoms with E-state index in [1.54, 1.807) is 30.0 Å². The van der Waals surface area contributed by atoms with Crippen LogP contribution < -0.4 is 9.47 Å². The molecule has 2 aliphatic carbocycles. The lowest BCUT2D eigenvalue weighted by Crippen LogP contribution is -2.70. The lowest BCUT2D eigenvalue weighted by Gasteiger charge is -2.59. The molecule has 4 aromatic rings. The molecule has 7 rings (SSSR count). The molecular weight excluding hydrogens is 847 g/mol. The smallest absolute Gasteiger partial charge is 0.410 e. The Morgan fingerprint density at radius 2 is 1.68 bits per heavy atom. The molecule has 0 saturated heterocycles. The topological polar surface area (TPSA) is 192 Å². The number of aliphatic hydroxyl groups excluding tert-OH is 3. The zero-order valence-electron chi connectivity index (χ0n) is 37.5. The number of carbonyl (C=O) groups is 1. The Bertz CT molecular complexity index is 2340. The molecule has 0 bridgehead atoms. The SMILES string of the molecule is C=CCOC12Oc3ccc(Oc4ccc5ccccc5c4)cc3C3C(CCCCO)C(CCCCO)C=C(C(=NOCc4ccc([N+](=O)[O-])cc4)CC1N(CCOCCO)C(=O)OCC)C32. The Kier molecular flexibility index (Phi) is 16.8. The van der Waals surface area contributed by atoms with Gasteiger partial charge in [0.05, 0.1) is 49.6 Å². The van der Waals surface area contributed by atoms with Crippen LogP contribution in [-0.2, 0) is 25.7 Å². The van der Waals surface area contributed by atoms with Crippen molar-refractivity contribution >= 4 is 28.3 Å². The highest BCUT2D eigenvalue weighted by Gasteiger charge is 2.65. The summed E-state index contributed by atoms with van der Waals surface area (Å²) in [6.45, 7) is 6.05. The van der Waals surface area contributed by atoms with Gasteiger partial charge in [0.2, 0.25) is 5.79 Å². The summed E-state index contributed by atoms with van der Waals surface area (Å²) >= 11 is 0. The third kappa shape index (κ3) is 10.9. The van der Waals surface area contributed by atoms with Gasteiger partial charge in [0.25, 0.3) is 5.69 Å². The summed E-state index contributed by atoms with van der Waals surface area (Å²) in [5.74, 6) is -0.637. The van der Waals surface area contributed by atoms with Gasteiger partial charge in [-0.05, 0) is 109 Å². The highest BCUT2D eigenvalue weighted by molar-refractivity contribution is 6.03. The lowest BCUT2D eigenvalue weighted by atomic mass is 9.55. The van der Waals surface area contributed by atoms with E-state index in [9.17, 15) is 30.2 Å². The van der Waals surface area contributed by atoms with Crippen LogP contribution in [0.2, 0.25) is 0 Å². The number of hydrogen-bond acceptors (Lipinski definition) is 13.